The molecule has 0 fully saturated rings. The molecule has 3 rings (SSSR count). The molecule has 0 heterocycles. The number of hydrogen-bond acceptors (Lipinski definition) is 2. The molecule has 3 nitrogen and oxygen atoms in total. The van der Waals surface area contributed by atoms with Gasteiger partial charge in [0.2, 0.25) is 0 Å². The second-order valence-corrected chi connectivity index (χ2v) is 6.43. The van der Waals surface area contributed by atoms with Gasteiger partial charge in [-0.3, -0.25) is 4.79 Å². The van der Waals surface area contributed by atoms with E-state index in [0.717, 1.165) is 16.9 Å². The van der Waals surface area contributed by atoms with Crippen molar-refractivity contribution in [3.63, 3.8) is 0 Å². The maximum absolute atomic E-state index is 12.3. The summed E-state index contributed by atoms with van der Waals surface area (Å²) in [6.07, 6.45) is -0.540. The number of ether oxygens (including phenoxy) is 1. The predicted octanol–water partition coefficient (Wildman–Crippen LogP) is 4.54. The maximum atomic E-state index is 12.3. The van der Waals surface area contributed by atoms with Gasteiger partial charge < -0.3 is 10.1 Å². The monoisotopic (exact) mass is 333 g/mol. The zero-order chi connectivity index (χ0) is 17.8. The molecule has 0 spiro atoms. The molecule has 3 aromatic rings. The Labute approximate surface area is 148 Å². The summed E-state index contributed by atoms with van der Waals surface area (Å²) in [6.45, 7) is 6.29. The van der Waals surface area contributed by atoms with Crippen molar-refractivity contribution in [3.05, 3.63) is 77.4 Å². The summed E-state index contributed by atoms with van der Waals surface area (Å²) in [6, 6.07) is 20.4. The fourth-order valence-electron chi connectivity index (χ4n) is 2.86. The fraction of sp³-hybridized carbons (Fsp3) is 0.227. The number of hydrogen-bond donors (Lipinski definition) is 1. The lowest BCUT2D eigenvalue weighted by atomic mass is 10.1. The first-order valence-electron chi connectivity index (χ1n) is 8.52. The van der Waals surface area contributed by atoms with Crippen LogP contribution >= 0.6 is 0 Å². The average Bonchev–Trinajstić information content (AvgIpc) is 2.61. The van der Waals surface area contributed by atoms with Crippen molar-refractivity contribution in [2.75, 3.05) is 0 Å². The van der Waals surface area contributed by atoms with Gasteiger partial charge >= 0.3 is 0 Å². The lowest BCUT2D eigenvalue weighted by molar-refractivity contribution is -0.127. The minimum absolute atomic E-state index is 0.117. The molecule has 25 heavy (non-hydrogen) atoms. The van der Waals surface area contributed by atoms with Gasteiger partial charge in [-0.15, -0.1) is 0 Å². The SMILES string of the molecule is Cc1ccc(O[C@@H](C)C(=O)NCc2ccc3ccccc3c2)c(C)c1. The van der Waals surface area contributed by atoms with E-state index >= 15 is 0 Å². The molecule has 0 aliphatic heterocycles. The van der Waals surface area contributed by atoms with E-state index in [2.05, 4.69) is 35.6 Å². The third-order valence-electron chi connectivity index (χ3n) is 4.28. The van der Waals surface area contributed by atoms with Crippen LogP contribution in [0.1, 0.15) is 23.6 Å². The van der Waals surface area contributed by atoms with Crippen molar-refractivity contribution in [1.82, 2.24) is 5.32 Å². The van der Waals surface area contributed by atoms with Gasteiger partial charge in [0.1, 0.15) is 5.75 Å². The zero-order valence-electron chi connectivity index (χ0n) is 14.9. The van der Waals surface area contributed by atoms with Gasteiger partial charge in [0.25, 0.3) is 5.91 Å². The molecular formula is C22H23NO2. The van der Waals surface area contributed by atoms with Crippen LogP contribution in [0.4, 0.5) is 0 Å². The van der Waals surface area contributed by atoms with E-state index in [1.807, 2.05) is 44.2 Å². The molecule has 1 atom stereocenters. The molecule has 0 saturated carbocycles. The van der Waals surface area contributed by atoms with Crippen LogP contribution in [0.5, 0.6) is 5.75 Å². The van der Waals surface area contributed by atoms with Gasteiger partial charge in [-0.05, 0) is 54.8 Å². The molecule has 0 bridgehead atoms. The van der Waals surface area contributed by atoms with Crippen LogP contribution in [-0.2, 0) is 11.3 Å². The summed E-state index contributed by atoms with van der Waals surface area (Å²) in [4.78, 5) is 12.3. The molecule has 1 N–H and O–H groups in total. The summed E-state index contributed by atoms with van der Waals surface area (Å²) in [7, 11) is 0. The molecule has 3 aromatic carbocycles. The first kappa shape index (κ1) is 17.0. The van der Waals surface area contributed by atoms with Gasteiger partial charge in [-0.2, -0.15) is 0 Å². The highest BCUT2D eigenvalue weighted by Crippen LogP contribution is 2.20. The Balaban J connectivity index is 1.60. The molecule has 0 aliphatic carbocycles. The molecule has 128 valence electrons. The van der Waals surface area contributed by atoms with Gasteiger partial charge in [0.05, 0.1) is 0 Å². The molecule has 0 saturated heterocycles. The fourth-order valence-corrected chi connectivity index (χ4v) is 2.86. The highest BCUT2D eigenvalue weighted by atomic mass is 16.5. The summed E-state index contributed by atoms with van der Waals surface area (Å²) in [5.41, 5.74) is 3.29. The standard InChI is InChI=1S/C22H23NO2/c1-15-8-11-21(16(2)12-15)25-17(3)22(24)23-14-18-9-10-19-6-4-5-7-20(19)13-18/h4-13,17H,14H2,1-3H3,(H,23,24)/t17-/m0/s1. The van der Waals surface area contributed by atoms with Crippen LogP contribution in [-0.4, -0.2) is 12.0 Å². The van der Waals surface area contributed by atoms with Crippen LogP contribution in [0.3, 0.4) is 0 Å². The molecule has 0 unspecified atom stereocenters. The van der Waals surface area contributed by atoms with Crippen LogP contribution < -0.4 is 10.1 Å². The first-order chi connectivity index (χ1) is 12.0. The Morgan fingerprint density at radius 3 is 2.52 bits per heavy atom. The lowest BCUT2D eigenvalue weighted by Gasteiger charge is -2.16. The average molecular weight is 333 g/mol. The normalized spacial score (nSPS) is 12.0. The third-order valence-corrected chi connectivity index (χ3v) is 4.28. The number of carbonyl (C=O) groups excluding carboxylic acids is 1. The van der Waals surface area contributed by atoms with Gasteiger partial charge in [-0.1, -0.05) is 54.1 Å². The zero-order valence-corrected chi connectivity index (χ0v) is 14.9. The topological polar surface area (TPSA) is 38.3 Å². The van der Waals surface area contributed by atoms with Crippen LogP contribution in [0.2, 0.25) is 0 Å². The number of rotatable bonds is 5. The Kier molecular flexibility index (Phi) is 5.03. The number of fused-ring (bicyclic) bond motifs is 1. The molecule has 3 heteroatoms. The van der Waals surface area contributed by atoms with E-state index in [-0.39, 0.29) is 5.91 Å². The second-order valence-electron chi connectivity index (χ2n) is 6.43. The summed E-state index contributed by atoms with van der Waals surface area (Å²) in [5, 5.41) is 5.32. The minimum Gasteiger partial charge on any atom is -0.481 e. The van der Waals surface area contributed by atoms with Crippen molar-refractivity contribution in [3.8, 4) is 5.75 Å². The van der Waals surface area contributed by atoms with Crippen molar-refractivity contribution in [2.24, 2.45) is 0 Å². The van der Waals surface area contributed by atoms with Crippen LogP contribution in [0.15, 0.2) is 60.7 Å². The number of aryl methyl sites for hydroxylation is 2. The lowest BCUT2D eigenvalue weighted by Crippen LogP contribution is -2.36. The minimum atomic E-state index is -0.540. The van der Waals surface area contributed by atoms with Crippen LogP contribution in [0, 0.1) is 13.8 Å². The van der Waals surface area contributed by atoms with E-state index in [9.17, 15) is 4.79 Å². The molecule has 0 radical (unpaired) electrons. The Morgan fingerprint density at radius 1 is 1.00 bits per heavy atom. The quantitative estimate of drug-likeness (QED) is 0.744. The third kappa shape index (κ3) is 4.18. The van der Waals surface area contributed by atoms with Gasteiger partial charge in [0, 0.05) is 6.54 Å². The van der Waals surface area contributed by atoms with Gasteiger partial charge in [-0.25, -0.2) is 0 Å². The highest BCUT2D eigenvalue weighted by Gasteiger charge is 2.15. The molecule has 1 amide bonds. The summed E-state index contributed by atoms with van der Waals surface area (Å²) < 4.78 is 5.81. The van der Waals surface area contributed by atoms with Crippen molar-refractivity contribution in [2.45, 2.75) is 33.4 Å². The highest BCUT2D eigenvalue weighted by molar-refractivity contribution is 5.83. The number of amides is 1. The van der Waals surface area contributed by atoms with E-state index in [1.165, 1.54) is 16.3 Å². The van der Waals surface area contributed by atoms with E-state index in [1.54, 1.807) is 6.92 Å². The smallest absolute Gasteiger partial charge is 0.261 e. The van der Waals surface area contributed by atoms with E-state index in [0.29, 0.717) is 6.54 Å². The van der Waals surface area contributed by atoms with Gasteiger partial charge in [0.15, 0.2) is 6.10 Å². The maximum Gasteiger partial charge on any atom is 0.261 e. The van der Waals surface area contributed by atoms with Crippen molar-refractivity contribution < 1.29 is 9.53 Å². The van der Waals surface area contributed by atoms with E-state index in [4.69, 9.17) is 4.74 Å². The number of nitrogens with one attached hydrogen (secondary N) is 1. The Bertz CT molecular complexity index is 901. The molecule has 0 aromatic heterocycles. The number of carbonyl (C=O) groups is 1. The summed E-state index contributed by atoms with van der Waals surface area (Å²) in [5.74, 6) is 0.632. The van der Waals surface area contributed by atoms with Crippen LogP contribution in [0.25, 0.3) is 10.8 Å². The van der Waals surface area contributed by atoms with Crippen molar-refractivity contribution >= 4 is 16.7 Å². The Hall–Kier alpha value is -2.81. The molecule has 0 aliphatic rings. The number of benzene rings is 3. The van der Waals surface area contributed by atoms with E-state index < -0.39 is 6.10 Å². The molecular weight excluding hydrogens is 310 g/mol. The second kappa shape index (κ2) is 7.39. The Morgan fingerprint density at radius 2 is 1.76 bits per heavy atom. The largest absolute Gasteiger partial charge is 0.481 e. The van der Waals surface area contributed by atoms with Crippen molar-refractivity contribution in [1.29, 1.82) is 0 Å². The predicted molar refractivity (Wildman–Crippen MR) is 102 cm³/mol. The summed E-state index contributed by atoms with van der Waals surface area (Å²) >= 11 is 0. The first-order valence-corrected chi connectivity index (χ1v) is 8.52.